The Morgan fingerprint density at radius 2 is 1.59 bits per heavy atom. The van der Waals surface area contributed by atoms with Crippen LogP contribution >= 0.6 is 0 Å². The molecule has 0 bridgehead atoms. The summed E-state index contributed by atoms with van der Waals surface area (Å²) in [7, 11) is 0. The highest BCUT2D eigenvalue weighted by molar-refractivity contribution is 5.46. The first-order valence-electron chi connectivity index (χ1n) is 10.3. The number of benzene rings is 1. The molecule has 1 aromatic carbocycles. The lowest BCUT2D eigenvalue weighted by molar-refractivity contribution is 0.249. The highest BCUT2D eigenvalue weighted by Gasteiger charge is 2.20. The predicted molar refractivity (Wildman–Crippen MR) is 113 cm³/mol. The summed E-state index contributed by atoms with van der Waals surface area (Å²) < 4.78 is 0. The fourth-order valence-corrected chi connectivity index (χ4v) is 3.67. The summed E-state index contributed by atoms with van der Waals surface area (Å²) in [6.07, 6.45) is 2.23. The number of piperazine rings is 1. The number of hydrogen-bond donors (Lipinski definition) is 0. The second kappa shape index (κ2) is 9.70. The maximum Gasteiger partial charge on any atom is 0.227 e. The van der Waals surface area contributed by atoms with Crippen molar-refractivity contribution < 1.29 is 0 Å². The Bertz CT molecular complexity index is 689. The molecule has 1 aliphatic rings. The summed E-state index contributed by atoms with van der Waals surface area (Å²) in [6, 6.07) is 12.9. The van der Waals surface area contributed by atoms with Crippen LogP contribution in [0.15, 0.2) is 36.4 Å². The topological polar surface area (TPSA) is 35.5 Å². The summed E-state index contributed by atoms with van der Waals surface area (Å²) in [5, 5.41) is 0. The first-order valence-corrected chi connectivity index (χ1v) is 10.3. The molecule has 0 amide bonds. The Balaban J connectivity index is 1.65. The molecule has 1 aliphatic heterocycles. The van der Waals surface area contributed by atoms with Gasteiger partial charge in [-0.2, -0.15) is 4.98 Å². The molecule has 0 spiro atoms. The molecule has 1 saturated heterocycles. The van der Waals surface area contributed by atoms with Crippen molar-refractivity contribution in [3.8, 4) is 0 Å². The van der Waals surface area contributed by atoms with Crippen LogP contribution in [-0.4, -0.2) is 54.1 Å². The van der Waals surface area contributed by atoms with Crippen LogP contribution in [-0.2, 0) is 6.54 Å². The molecule has 3 rings (SSSR count). The van der Waals surface area contributed by atoms with Crippen molar-refractivity contribution in [1.82, 2.24) is 14.9 Å². The molecule has 5 heteroatoms. The summed E-state index contributed by atoms with van der Waals surface area (Å²) in [5.41, 5.74) is 2.44. The smallest absolute Gasteiger partial charge is 0.227 e. The zero-order chi connectivity index (χ0) is 19.1. The number of hydrogen-bond acceptors (Lipinski definition) is 5. The van der Waals surface area contributed by atoms with Crippen LogP contribution < -0.4 is 9.80 Å². The molecule has 2 aromatic rings. The summed E-state index contributed by atoms with van der Waals surface area (Å²) >= 11 is 0. The first-order chi connectivity index (χ1) is 13.2. The first kappa shape index (κ1) is 19.6. The van der Waals surface area contributed by atoms with Gasteiger partial charge in [-0.25, -0.2) is 4.98 Å². The van der Waals surface area contributed by atoms with Crippen molar-refractivity contribution in [3.05, 3.63) is 47.7 Å². The van der Waals surface area contributed by atoms with E-state index in [-0.39, 0.29) is 0 Å². The fraction of sp³-hybridized carbons (Fsp3) is 0.545. The highest BCUT2D eigenvalue weighted by Crippen LogP contribution is 2.20. The number of anilines is 2. The molecule has 0 atom stereocenters. The molecular weight excluding hydrogens is 334 g/mol. The van der Waals surface area contributed by atoms with Crippen LogP contribution in [0.1, 0.15) is 37.9 Å². The van der Waals surface area contributed by atoms with Crippen molar-refractivity contribution in [2.24, 2.45) is 0 Å². The minimum absolute atomic E-state index is 0.889. The van der Waals surface area contributed by atoms with Crippen LogP contribution in [0.5, 0.6) is 0 Å². The fourth-order valence-electron chi connectivity index (χ4n) is 3.67. The lowest BCUT2D eigenvalue weighted by Gasteiger charge is -2.36. The lowest BCUT2D eigenvalue weighted by atomic mass is 10.2. The standard InChI is InChI=1S/C22H33N5/c1-4-11-27(12-5-2)22-23-19(3)17-21(24-22)26-15-13-25(14-16-26)18-20-9-7-6-8-10-20/h6-10,17H,4-5,11-16,18H2,1-3H3. The Morgan fingerprint density at radius 3 is 2.22 bits per heavy atom. The van der Waals surface area contributed by atoms with E-state index in [1.54, 1.807) is 0 Å². The van der Waals surface area contributed by atoms with Gasteiger partial charge in [-0.1, -0.05) is 44.2 Å². The van der Waals surface area contributed by atoms with E-state index < -0.39 is 0 Å². The van der Waals surface area contributed by atoms with Gasteiger partial charge in [0.25, 0.3) is 0 Å². The molecule has 0 saturated carbocycles. The van der Waals surface area contributed by atoms with Gasteiger partial charge in [0.1, 0.15) is 5.82 Å². The third-order valence-corrected chi connectivity index (χ3v) is 5.04. The van der Waals surface area contributed by atoms with Crippen molar-refractivity contribution >= 4 is 11.8 Å². The number of rotatable bonds is 8. The van der Waals surface area contributed by atoms with Gasteiger partial charge in [-0.05, 0) is 25.3 Å². The number of aryl methyl sites for hydroxylation is 1. The van der Waals surface area contributed by atoms with E-state index in [2.05, 4.69) is 71.9 Å². The molecule has 0 unspecified atom stereocenters. The molecule has 0 aliphatic carbocycles. The molecule has 0 N–H and O–H groups in total. The van der Waals surface area contributed by atoms with E-state index in [4.69, 9.17) is 9.97 Å². The third-order valence-electron chi connectivity index (χ3n) is 5.04. The second-order valence-corrected chi connectivity index (χ2v) is 7.40. The van der Waals surface area contributed by atoms with E-state index in [1.807, 2.05) is 0 Å². The van der Waals surface area contributed by atoms with Crippen LogP contribution in [0.25, 0.3) is 0 Å². The molecular formula is C22H33N5. The predicted octanol–water partition coefficient (Wildman–Crippen LogP) is 3.73. The summed E-state index contributed by atoms with van der Waals surface area (Å²) in [4.78, 5) is 16.9. The van der Waals surface area contributed by atoms with Crippen molar-refractivity contribution in [2.45, 2.75) is 40.2 Å². The van der Waals surface area contributed by atoms with Gasteiger partial charge in [0.2, 0.25) is 5.95 Å². The van der Waals surface area contributed by atoms with Crippen molar-refractivity contribution in [2.75, 3.05) is 49.1 Å². The van der Waals surface area contributed by atoms with E-state index >= 15 is 0 Å². The van der Waals surface area contributed by atoms with Crippen LogP contribution in [0.2, 0.25) is 0 Å². The Kier molecular flexibility index (Phi) is 7.04. The normalized spacial score (nSPS) is 15.1. The molecule has 5 nitrogen and oxygen atoms in total. The average Bonchev–Trinajstić information content (AvgIpc) is 2.69. The van der Waals surface area contributed by atoms with E-state index in [9.17, 15) is 0 Å². The maximum atomic E-state index is 4.93. The number of nitrogens with zero attached hydrogens (tertiary/aromatic N) is 5. The molecule has 146 valence electrons. The van der Waals surface area contributed by atoms with Gasteiger partial charge in [0, 0.05) is 57.6 Å². The summed E-state index contributed by atoms with van der Waals surface area (Å²) in [6.45, 7) is 13.7. The monoisotopic (exact) mass is 367 g/mol. The van der Waals surface area contributed by atoms with Crippen LogP contribution in [0.4, 0.5) is 11.8 Å². The zero-order valence-electron chi connectivity index (χ0n) is 17.1. The molecule has 0 radical (unpaired) electrons. The van der Waals surface area contributed by atoms with Gasteiger partial charge in [0.15, 0.2) is 0 Å². The summed E-state index contributed by atoms with van der Waals surface area (Å²) in [5.74, 6) is 1.97. The van der Waals surface area contributed by atoms with Crippen molar-refractivity contribution in [3.63, 3.8) is 0 Å². The van der Waals surface area contributed by atoms with E-state index in [1.165, 1.54) is 5.56 Å². The quantitative estimate of drug-likeness (QED) is 0.710. The lowest BCUT2D eigenvalue weighted by Crippen LogP contribution is -2.46. The van der Waals surface area contributed by atoms with Gasteiger partial charge in [-0.3, -0.25) is 4.90 Å². The minimum Gasteiger partial charge on any atom is -0.354 e. The highest BCUT2D eigenvalue weighted by atomic mass is 15.3. The largest absolute Gasteiger partial charge is 0.354 e. The second-order valence-electron chi connectivity index (χ2n) is 7.40. The minimum atomic E-state index is 0.889. The van der Waals surface area contributed by atoms with Gasteiger partial charge < -0.3 is 9.80 Å². The molecule has 1 fully saturated rings. The van der Waals surface area contributed by atoms with E-state index in [0.717, 1.165) is 76.1 Å². The Hall–Kier alpha value is -2.14. The SMILES string of the molecule is CCCN(CCC)c1nc(C)cc(N2CCN(Cc3ccccc3)CC2)n1. The Morgan fingerprint density at radius 1 is 0.926 bits per heavy atom. The van der Waals surface area contributed by atoms with Crippen LogP contribution in [0, 0.1) is 6.92 Å². The van der Waals surface area contributed by atoms with E-state index in [0.29, 0.717) is 0 Å². The van der Waals surface area contributed by atoms with Crippen LogP contribution in [0.3, 0.4) is 0 Å². The van der Waals surface area contributed by atoms with Crippen molar-refractivity contribution in [1.29, 1.82) is 0 Å². The molecule has 27 heavy (non-hydrogen) atoms. The average molecular weight is 368 g/mol. The number of aromatic nitrogens is 2. The Labute approximate surface area is 164 Å². The molecule has 1 aromatic heterocycles. The maximum absolute atomic E-state index is 4.93. The van der Waals surface area contributed by atoms with Gasteiger partial charge in [0.05, 0.1) is 0 Å². The third kappa shape index (κ3) is 5.42. The molecule has 2 heterocycles. The van der Waals surface area contributed by atoms with Gasteiger partial charge in [-0.15, -0.1) is 0 Å². The van der Waals surface area contributed by atoms with Gasteiger partial charge >= 0.3 is 0 Å². The zero-order valence-corrected chi connectivity index (χ0v) is 17.1.